The molecule has 114 valence electrons. The van der Waals surface area contributed by atoms with Gasteiger partial charge in [0.25, 0.3) is 0 Å². The Morgan fingerprint density at radius 3 is 2.57 bits per heavy atom. The Balaban J connectivity index is 2.33. The quantitative estimate of drug-likeness (QED) is 0.715. The molecule has 0 aliphatic rings. The highest BCUT2D eigenvalue weighted by atomic mass is 79.9. The van der Waals surface area contributed by atoms with Crippen LogP contribution >= 0.6 is 27.5 Å². The van der Waals surface area contributed by atoms with Gasteiger partial charge >= 0.3 is 0 Å². The zero-order chi connectivity index (χ0) is 15.4. The van der Waals surface area contributed by atoms with Crippen LogP contribution < -0.4 is 0 Å². The molecule has 5 nitrogen and oxygen atoms in total. The second-order valence-electron chi connectivity index (χ2n) is 4.38. The van der Waals surface area contributed by atoms with Gasteiger partial charge in [0.15, 0.2) is 0 Å². The van der Waals surface area contributed by atoms with Crippen LogP contribution in [0.15, 0.2) is 22.8 Å². The Labute approximate surface area is 137 Å². The number of rotatable bonds is 6. The molecule has 7 heteroatoms. The smallest absolute Gasteiger partial charge is 0.204 e. The molecule has 0 saturated heterocycles. The summed E-state index contributed by atoms with van der Waals surface area (Å²) >= 11 is 9.69. The summed E-state index contributed by atoms with van der Waals surface area (Å²) in [4.78, 5) is 0. The molecule has 21 heavy (non-hydrogen) atoms. The van der Waals surface area contributed by atoms with Gasteiger partial charge in [-0.1, -0.05) is 16.8 Å². The third-order valence-corrected chi connectivity index (χ3v) is 3.91. The highest BCUT2D eigenvalue weighted by Gasteiger charge is 2.17. The van der Waals surface area contributed by atoms with Gasteiger partial charge in [0.2, 0.25) is 6.29 Å². The average Bonchev–Trinajstić information content (AvgIpc) is 2.92. The van der Waals surface area contributed by atoms with Gasteiger partial charge in [-0.2, -0.15) is 0 Å². The molecule has 0 atom stereocenters. The van der Waals surface area contributed by atoms with E-state index >= 15 is 0 Å². The minimum atomic E-state index is -0.506. The second kappa shape index (κ2) is 7.35. The highest BCUT2D eigenvalue weighted by molar-refractivity contribution is 9.10. The van der Waals surface area contributed by atoms with E-state index in [0.29, 0.717) is 23.9 Å². The molecule has 0 aliphatic carbocycles. The summed E-state index contributed by atoms with van der Waals surface area (Å²) < 4.78 is 13.6. The fourth-order valence-electron chi connectivity index (χ4n) is 1.84. The monoisotopic (exact) mass is 373 g/mol. The molecule has 1 aromatic carbocycles. The van der Waals surface area contributed by atoms with Gasteiger partial charge in [0, 0.05) is 22.7 Å². The van der Waals surface area contributed by atoms with E-state index in [-0.39, 0.29) is 0 Å². The predicted octanol–water partition coefficient (Wildman–Crippen LogP) is 4.06. The van der Waals surface area contributed by atoms with Crippen LogP contribution in [-0.2, 0) is 9.47 Å². The number of hydrogen-bond donors (Lipinski definition) is 0. The molecule has 0 saturated carbocycles. The van der Waals surface area contributed by atoms with E-state index < -0.39 is 6.29 Å². The Hall–Kier alpha value is -0.950. The number of aryl methyl sites for hydroxylation is 1. The van der Waals surface area contributed by atoms with Gasteiger partial charge in [0.1, 0.15) is 5.69 Å². The second-order valence-corrected chi connectivity index (χ2v) is 5.64. The Bertz CT molecular complexity index is 612. The molecule has 0 aliphatic heterocycles. The van der Waals surface area contributed by atoms with Crippen molar-refractivity contribution in [1.82, 2.24) is 15.0 Å². The fraction of sp³-hybridized carbons (Fsp3) is 0.429. The first-order valence-corrected chi connectivity index (χ1v) is 7.85. The van der Waals surface area contributed by atoms with E-state index in [9.17, 15) is 0 Å². The lowest BCUT2D eigenvalue weighted by Gasteiger charge is -2.13. The molecule has 0 unspecified atom stereocenters. The molecule has 0 spiro atoms. The molecule has 0 N–H and O–H groups in total. The predicted molar refractivity (Wildman–Crippen MR) is 84.8 cm³/mol. The topological polar surface area (TPSA) is 49.2 Å². The zero-order valence-electron chi connectivity index (χ0n) is 12.1. The van der Waals surface area contributed by atoms with E-state index in [0.717, 1.165) is 15.7 Å². The maximum absolute atomic E-state index is 6.17. The fourth-order valence-corrected chi connectivity index (χ4v) is 2.63. The first kappa shape index (κ1) is 16.4. The lowest BCUT2D eigenvalue weighted by molar-refractivity contribution is -0.142. The summed E-state index contributed by atoms with van der Waals surface area (Å²) in [6, 6.07) is 3.79. The van der Waals surface area contributed by atoms with Crippen LogP contribution in [0.1, 0.15) is 31.4 Å². The van der Waals surface area contributed by atoms with E-state index in [2.05, 4.69) is 26.2 Å². The van der Waals surface area contributed by atoms with Crippen LogP contribution in [-0.4, -0.2) is 28.2 Å². The summed E-state index contributed by atoms with van der Waals surface area (Å²) in [7, 11) is 0. The molecule has 0 bridgehead atoms. The van der Waals surface area contributed by atoms with E-state index in [1.165, 1.54) is 0 Å². The maximum Gasteiger partial charge on any atom is 0.204 e. The van der Waals surface area contributed by atoms with Crippen molar-refractivity contribution in [2.45, 2.75) is 27.1 Å². The minimum absolute atomic E-state index is 0.506. The van der Waals surface area contributed by atoms with Crippen molar-refractivity contribution in [3.63, 3.8) is 0 Å². The molecule has 2 aromatic rings. The van der Waals surface area contributed by atoms with E-state index in [4.69, 9.17) is 21.1 Å². The van der Waals surface area contributed by atoms with Crippen molar-refractivity contribution in [1.29, 1.82) is 0 Å². The van der Waals surface area contributed by atoms with Crippen molar-refractivity contribution < 1.29 is 9.47 Å². The van der Waals surface area contributed by atoms with Crippen molar-refractivity contribution in [2.75, 3.05) is 13.2 Å². The zero-order valence-corrected chi connectivity index (χ0v) is 14.5. The van der Waals surface area contributed by atoms with Gasteiger partial charge < -0.3 is 9.47 Å². The number of halogens is 2. The third kappa shape index (κ3) is 3.83. The van der Waals surface area contributed by atoms with Crippen LogP contribution in [0.2, 0.25) is 5.02 Å². The molecule has 1 aromatic heterocycles. The SMILES string of the molecule is CCOC(OCC)c1cn(-c2cc(Cl)c(C)cc2Br)nn1. The largest absolute Gasteiger partial charge is 0.347 e. The molecule has 2 rings (SSSR count). The summed E-state index contributed by atoms with van der Waals surface area (Å²) in [5.74, 6) is 0. The first-order valence-electron chi connectivity index (χ1n) is 6.68. The van der Waals surface area contributed by atoms with Crippen LogP contribution in [0.4, 0.5) is 0 Å². The van der Waals surface area contributed by atoms with Crippen LogP contribution in [0, 0.1) is 6.92 Å². The van der Waals surface area contributed by atoms with Gasteiger partial charge in [-0.05, 0) is 54.4 Å². The number of nitrogens with zero attached hydrogens (tertiary/aromatic N) is 3. The number of ether oxygens (including phenoxy) is 2. The summed E-state index contributed by atoms with van der Waals surface area (Å²) in [6.07, 6.45) is 1.27. The Kier molecular flexibility index (Phi) is 5.75. The molecular weight excluding hydrogens is 358 g/mol. The lowest BCUT2D eigenvalue weighted by Crippen LogP contribution is -2.09. The van der Waals surface area contributed by atoms with Gasteiger partial charge in [-0.3, -0.25) is 0 Å². The van der Waals surface area contributed by atoms with Crippen LogP contribution in [0.3, 0.4) is 0 Å². The van der Waals surface area contributed by atoms with Crippen molar-refractivity contribution >= 4 is 27.5 Å². The van der Waals surface area contributed by atoms with Gasteiger partial charge in [0.05, 0.1) is 11.9 Å². The third-order valence-electron chi connectivity index (χ3n) is 2.86. The van der Waals surface area contributed by atoms with Crippen molar-refractivity contribution in [2.24, 2.45) is 0 Å². The van der Waals surface area contributed by atoms with E-state index in [1.54, 1.807) is 10.9 Å². The van der Waals surface area contributed by atoms with Crippen molar-refractivity contribution in [3.05, 3.63) is 39.1 Å². The summed E-state index contributed by atoms with van der Waals surface area (Å²) in [6.45, 7) is 6.85. The number of hydrogen-bond acceptors (Lipinski definition) is 4. The van der Waals surface area contributed by atoms with E-state index in [1.807, 2.05) is 32.9 Å². The Morgan fingerprint density at radius 2 is 1.95 bits per heavy atom. The first-order chi connectivity index (χ1) is 10.1. The number of aromatic nitrogens is 3. The van der Waals surface area contributed by atoms with Gasteiger partial charge in [-0.25, -0.2) is 4.68 Å². The number of benzene rings is 1. The van der Waals surface area contributed by atoms with Crippen molar-refractivity contribution in [3.8, 4) is 5.69 Å². The minimum Gasteiger partial charge on any atom is -0.347 e. The average molecular weight is 375 g/mol. The molecule has 1 heterocycles. The Morgan fingerprint density at radius 1 is 1.29 bits per heavy atom. The standard InChI is InChI=1S/C14H17BrClN3O2/c1-4-20-14(21-5-2)12-8-19(18-17-12)13-7-11(16)9(3)6-10(13)15/h6-8,14H,4-5H2,1-3H3. The summed E-state index contributed by atoms with van der Waals surface area (Å²) in [5, 5.41) is 8.92. The molecular formula is C14H17BrClN3O2. The van der Waals surface area contributed by atoms with Crippen LogP contribution in [0.5, 0.6) is 0 Å². The lowest BCUT2D eigenvalue weighted by atomic mass is 10.2. The highest BCUT2D eigenvalue weighted by Crippen LogP contribution is 2.28. The molecule has 0 radical (unpaired) electrons. The molecule has 0 fully saturated rings. The van der Waals surface area contributed by atoms with Gasteiger partial charge in [-0.15, -0.1) is 5.10 Å². The molecule has 0 amide bonds. The normalized spacial score (nSPS) is 11.3. The summed E-state index contributed by atoms with van der Waals surface area (Å²) in [5.41, 5.74) is 2.44. The van der Waals surface area contributed by atoms with Crippen LogP contribution in [0.25, 0.3) is 5.69 Å². The maximum atomic E-state index is 6.17.